The van der Waals surface area contributed by atoms with Crippen molar-refractivity contribution in [2.45, 2.75) is 122 Å². The topological polar surface area (TPSA) is 40.5 Å². The van der Waals surface area contributed by atoms with E-state index in [2.05, 4.69) is 39.8 Å². The Bertz CT molecular complexity index is 578. The van der Waals surface area contributed by atoms with Gasteiger partial charge in [-0.05, 0) is 66.5 Å². The second kappa shape index (κ2) is 11.2. The van der Waals surface area contributed by atoms with Crippen LogP contribution in [0.4, 0.5) is 0 Å². The summed E-state index contributed by atoms with van der Waals surface area (Å²) < 4.78 is 0. The van der Waals surface area contributed by atoms with Gasteiger partial charge in [0.1, 0.15) is 5.75 Å². The van der Waals surface area contributed by atoms with E-state index >= 15 is 0 Å². The molecule has 1 aromatic rings. The lowest BCUT2D eigenvalue weighted by molar-refractivity contribution is 0.0896. The van der Waals surface area contributed by atoms with Crippen LogP contribution in [0, 0.1) is 5.92 Å². The summed E-state index contributed by atoms with van der Waals surface area (Å²) in [6.45, 7) is 9.09. The molecule has 160 valence electrons. The Kier molecular flexibility index (Phi) is 9.34. The molecule has 2 nitrogen and oxygen atoms in total. The van der Waals surface area contributed by atoms with Crippen molar-refractivity contribution in [2.24, 2.45) is 5.92 Å². The fourth-order valence-electron chi connectivity index (χ4n) is 5.01. The van der Waals surface area contributed by atoms with Gasteiger partial charge in [-0.15, -0.1) is 0 Å². The quantitative estimate of drug-likeness (QED) is 0.386. The van der Waals surface area contributed by atoms with Crippen LogP contribution in [0.2, 0.25) is 0 Å². The highest BCUT2D eigenvalue weighted by Crippen LogP contribution is 2.44. The van der Waals surface area contributed by atoms with Gasteiger partial charge in [0.05, 0.1) is 6.10 Å². The van der Waals surface area contributed by atoms with Crippen molar-refractivity contribution in [3.63, 3.8) is 0 Å². The van der Waals surface area contributed by atoms with E-state index in [1.54, 1.807) is 0 Å². The minimum Gasteiger partial charge on any atom is -0.508 e. The van der Waals surface area contributed by atoms with E-state index < -0.39 is 0 Å². The van der Waals surface area contributed by atoms with Crippen molar-refractivity contribution < 1.29 is 10.2 Å². The van der Waals surface area contributed by atoms with Crippen molar-refractivity contribution in [1.29, 1.82) is 0 Å². The van der Waals surface area contributed by atoms with Gasteiger partial charge < -0.3 is 10.2 Å². The van der Waals surface area contributed by atoms with Gasteiger partial charge in [-0.3, -0.25) is 0 Å². The fraction of sp³-hybridized carbons (Fsp3) is 0.769. The number of hydrogen-bond acceptors (Lipinski definition) is 2. The van der Waals surface area contributed by atoms with Crippen LogP contribution in [0.1, 0.15) is 122 Å². The lowest BCUT2D eigenvalue weighted by atomic mass is 9.71. The van der Waals surface area contributed by atoms with Crippen LogP contribution >= 0.6 is 0 Å². The Balaban J connectivity index is 2.11. The normalized spacial score (nSPS) is 23.1. The summed E-state index contributed by atoms with van der Waals surface area (Å²) in [6.07, 6.45) is 13.9. The molecule has 0 bridgehead atoms. The minimum absolute atomic E-state index is 0.0936. The average Bonchev–Trinajstić information content (AvgIpc) is 2.66. The molecular weight excluding hydrogens is 344 g/mol. The number of aliphatic hydroxyl groups is 1. The van der Waals surface area contributed by atoms with Gasteiger partial charge in [0.15, 0.2) is 0 Å². The number of unbranched alkanes of at least 4 members (excludes halogenated alkanes) is 5. The van der Waals surface area contributed by atoms with E-state index in [0.717, 1.165) is 31.2 Å². The van der Waals surface area contributed by atoms with E-state index in [1.165, 1.54) is 56.9 Å². The average molecular weight is 389 g/mol. The number of rotatable bonds is 11. The summed E-state index contributed by atoms with van der Waals surface area (Å²) in [5, 5.41) is 21.2. The maximum atomic E-state index is 10.9. The summed E-state index contributed by atoms with van der Waals surface area (Å²) in [4.78, 5) is 0. The summed E-state index contributed by atoms with van der Waals surface area (Å²) in [5.41, 5.74) is 2.39. The maximum Gasteiger partial charge on any atom is 0.119 e. The molecule has 0 spiro atoms. The first-order valence-corrected chi connectivity index (χ1v) is 11.9. The molecule has 1 fully saturated rings. The number of phenolic OH excluding ortho intramolecular Hbond substituents is 1. The first kappa shape index (κ1) is 23.3. The highest BCUT2D eigenvalue weighted by Gasteiger charge is 2.32. The van der Waals surface area contributed by atoms with Crippen LogP contribution in [-0.2, 0) is 5.41 Å². The molecule has 0 radical (unpaired) electrons. The van der Waals surface area contributed by atoms with Gasteiger partial charge in [0, 0.05) is 0 Å². The Labute approximate surface area is 173 Å². The summed E-state index contributed by atoms with van der Waals surface area (Å²) >= 11 is 0. The van der Waals surface area contributed by atoms with Gasteiger partial charge in [-0.1, -0.05) is 84.8 Å². The van der Waals surface area contributed by atoms with Crippen LogP contribution in [0.15, 0.2) is 18.2 Å². The molecule has 1 aliphatic carbocycles. The molecular formula is C26H44O2. The molecule has 0 aromatic heterocycles. The van der Waals surface area contributed by atoms with Crippen LogP contribution in [0.5, 0.6) is 5.75 Å². The van der Waals surface area contributed by atoms with E-state index in [4.69, 9.17) is 0 Å². The Morgan fingerprint density at radius 2 is 1.68 bits per heavy atom. The third-order valence-electron chi connectivity index (χ3n) is 7.01. The summed E-state index contributed by atoms with van der Waals surface area (Å²) in [7, 11) is 0. The number of phenols is 1. The molecule has 0 amide bonds. The number of aliphatic hydroxyl groups excluding tert-OH is 1. The van der Waals surface area contributed by atoms with Gasteiger partial charge >= 0.3 is 0 Å². The molecule has 28 heavy (non-hydrogen) atoms. The highest BCUT2D eigenvalue weighted by atomic mass is 16.3. The van der Waals surface area contributed by atoms with Crippen molar-refractivity contribution in [3.05, 3.63) is 29.3 Å². The van der Waals surface area contributed by atoms with Gasteiger partial charge in [0.25, 0.3) is 0 Å². The third kappa shape index (κ3) is 6.51. The van der Waals surface area contributed by atoms with Gasteiger partial charge in [-0.25, -0.2) is 0 Å². The molecule has 1 aromatic carbocycles. The largest absolute Gasteiger partial charge is 0.508 e. The third-order valence-corrected chi connectivity index (χ3v) is 7.01. The minimum atomic E-state index is -0.221. The molecule has 1 aliphatic rings. The zero-order valence-electron chi connectivity index (χ0n) is 18.8. The second-order valence-corrected chi connectivity index (χ2v) is 9.80. The van der Waals surface area contributed by atoms with Crippen molar-refractivity contribution >= 4 is 0 Å². The smallest absolute Gasteiger partial charge is 0.119 e. The first-order chi connectivity index (χ1) is 13.4. The van der Waals surface area contributed by atoms with Crippen LogP contribution in [0.3, 0.4) is 0 Å². The van der Waals surface area contributed by atoms with Crippen molar-refractivity contribution in [3.8, 4) is 5.75 Å². The van der Waals surface area contributed by atoms with Gasteiger partial charge in [0.2, 0.25) is 0 Å². The fourth-order valence-corrected chi connectivity index (χ4v) is 5.01. The molecule has 3 unspecified atom stereocenters. The van der Waals surface area contributed by atoms with Crippen LogP contribution in [-0.4, -0.2) is 16.3 Å². The Morgan fingerprint density at radius 3 is 2.36 bits per heavy atom. The van der Waals surface area contributed by atoms with E-state index in [0.29, 0.717) is 17.6 Å². The Hall–Kier alpha value is -1.02. The first-order valence-electron chi connectivity index (χ1n) is 11.9. The number of hydrogen-bond donors (Lipinski definition) is 2. The predicted octanol–water partition coefficient (Wildman–Crippen LogP) is 7.47. The van der Waals surface area contributed by atoms with Crippen LogP contribution < -0.4 is 0 Å². The number of aromatic hydroxyl groups is 1. The lowest BCUT2D eigenvalue weighted by Crippen LogP contribution is -2.26. The van der Waals surface area contributed by atoms with Crippen LogP contribution in [0.25, 0.3) is 0 Å². The zero-order valence-corrected chi connectivity index (χ0v) is 18.8. The van der Waals surface area contributed by atoms with Crippen molar-refractivity contribution in [2.75, 3.05) is 0 Å². The highest BCUT2D eigenvalue weighted by molar-refractivity contribution is 5.42. The molecule has 0 heterocycles. The predicted molar refractivity (Wildman–Crippen MR) is 120 cm³/mol. The second-order valence-electron chi connectivity index (χ2n) is 9.80. The lowest BCUT2D eigenvalue weighted by Gasteiger charge is -2.35. The maximum absolute atomic E-state index is 10.9. The van der Waals surface area contributed by atoms with Gasteiger partial charge in [-0.2, -0.15) is 0 Å². The molecule has 0 saturated heterocycles. The molecule has 1 saturated carbocycles. The molecule has 3 atom stereocenters. The molecule has 0 aliphatic heterocycles. The zero-order chi connectivity index (χ0) is 20.6. The molecule has 2 heteroatoms. The SMILES string of the molecule is CCCCCCC(C)(C)c1ccc(C2CC(O)CCC2CCCCC)c(O)c1. The number of benzene rings is 1. The van der Waals surface area contributed by atoms with Crippen molar-refractivity contribution in [1.82, 2.24) is 0 Å². The van der Waals surface area contributed by atoms with E-state index in [1.807, 2.05) is 6.07 Å². The molecule has 2 N–H and O–H groups in total. The van der Waals surface area contributed by atoms with E-state index in [-0.39, 0.29) is 11.5 Å². The molecule has 2 rings (SSSR count). The standard InChI is InChI=1S/C26H44O2/c1-5-7-9-11-17-26(3,4)21-14-16-23(25(28)18-21)24-19-22(27)15-13-20(24)12-10-8-6-2/h14,16,18,20,22,24,27-28H,5-13,15,17,19H2,1-4H3. The van der Waals surface area contributed by atoms with E-state index in [9.17, 15) is 10.2 Å². The summed E-state index contributed by atoms with van der Waals surface area (Å²) in [5.74, 6) is 1.33. The Morgan fingerprint density at radius 1 is 0.964 bits per heavy atom. The summed E-state index contributed by atoms with van der Waals surface area (Å²) in [6, 6.07) is 6.41. The monoisotopic (exact) mass is 388 g/mol.